The van der Waals surface area contributed by atoms with E-state index < -0.39 is 12.1 Å². The molecule has 4 aliphatic heterocycles. The molecular formula is C44H55ClN12O6. The maximum atomic E-state index is 12.6. The third-order valence-corrected chi connectivity index (χ3v) is 13.2. The van der Waals surface area contributed by atoms with Gasteiger partial charge in [-0.25, -0.2) is 9.97 Å². The minimum atomic E-state index is -1.09. The topological polar surface area (TPSA) is 195 Å². The number of aliphatic hydroxyl groups is 1. The van der Waals surface area contributed by atoms with Crippen molar-refractivity contribution in [3.63, 3.8) is 0 Å². The molecule has 0 bridgehead atoms. The lowest BCUT2D eigenvalue weighted by molar-refractivity contribution is -0.134. The Morgan fingerprint density at radius 1 is 1.00 bits per heavy atom. The highest BCUT2D eigenvalue weighted by molar-refractivity contribution is 6.32. The van der Waals surface area contributed by atoms with E-state index in [0.29, 0.717) is 52.7 Å². The molecule has 1 aliphatic carbocycles. The zero-order chi connectivity index (χ0) is 43.9. The van der Waals surface area contributed by atoms with E-state index >= 15 is 0 Å². The lowest BCUT2D eigenvalue weighted by Crippen LogP contribution is -2.56. The van der Waals surface area contributed by atoms with Crippen molar-refractivity contribution in [3.8, 4) is 0 Å². The van der Waals surface area contributed by atoms with Crippen molar-refractivity contribution in [2.24, 2.45) is 7.05 Å². The monoisotopic (exact) mass is 882 g/mol. The number of aliphatic hydroxyl groups excluding tert-OH is 1. The van der Waals surface area contributed by atoms with Crippen molar-refractivity contribution < 1.29 is 29.0 Å². The van der Waals surface area contributed by atoms with E-state index in [9.17, 15) is 19.5 Å². The number of ether oxygens (including phenoxy) is 2. The van der Waals surface area contributed by atoms with Gasteiger partial charge in [0, 0.05) is 88.5 Å². The number of halogens is 1. The summed E-state index contributed by atoms with van der Waals surface area (Å²) in [6, 6.07) is 8.70. The zero-order valence-electron chi connectivity index (χ0n) is 36.1. The Balaban J connectivity index is 0.743. The van der Waals surface area contributed by atoms with Crippen LogP contribution in [0, 0.1) is 0 Å². The number of likely N-dealkylation sites (N-methyl/N-ethyl adjacent to an activating group) is 1. The number of pyridine rings is 1. The summed E-state index contributed by atoms with van der Waals surface area (Å²) in [5, 5.41) is 25.4. The van der Waals surface area contributed by atoms with E-state index in [2.05, 4.69) is 58.8 Å². The van der Waals surface area contributed by atoms with Crippen LogP contribution in [0.2, 0.25) is 5.02 Å². The molecule has 0 spiro atoms. The zero-order valence-corrected chi connectivity index (χ0v) is 36.8. The minimum Gasteiger partial charge on any atom is -0.483 e. The number of aromatic nitrogens is 5. The van der Waals surface area contributed by atoms with E-state index in [0.717, 1.165) is 87.2 Å². The number of fused-ring (bicyclic) bond motifs is 2. The van der Waals surface area contributed by atoms with Gasteiger partial charge in [0.05, 0.1) is 47.4 Å². The molecule has 9 rings (SSSR count). The molecule has 7 heterocycles. The van der Waals surface area contributed by atoms with Gasteiger partial charge in [-0.2, -0.15) is 10.1 Å². The van der Waals surface area contributed by atoms with E-state index in [1.807, 2.05) is 31.6 Å². The fourth-order valence-corrected chi connectivity index (χ4v) is 9.52. The van der Waals surface area contributed by atoms with Crippen molar-refractivity contribution in [1.29, 1.82) is 0 Å². The summed E-state index contributed by atoms with van der Waals surface area (Å²) in [6.07, 6.45) is 9.03. The predicted molar refractivity (Wildman–Crippen MR) is 239 cm³/mol. The Hall–Kier alpha value is -5.56. The Bertz CT molecular complexity index is 2410. The maximum Gasteiger partial charge on any atom is 0.257 e. The molecule has 4 N–H and O–H groups in total. The molecular weight excluding hydrogens is 828 g/mol. The molecule has 4 fully saturated rings. The third-order valence-electron chi connectivity index (χ3n) is 13.0. The normalized spacial score (nSPS) is 23.3. The molecule has 3 aromatic heterocycles. The number of piperazine rings is 1. The second-order valence-electron chi connectivity index (χ2n) is 17.3. The molecule has 3 amide bonds. The highest BCUT2D eigenvalue weighted by atomic mass is 35.5. The number of aryl methyl sites for hydroxylation is 1. The number of hydrogen-bond acceptors (Lipinski definition) is 15. The molecule has 1 saturated carbocycles. The summed E-state index contributed by atoms with van der Waals surface area (Å²) in [5.41, 5.74) is 4.24. The van der Waals surface area contributed by atoms with Crippen LogP contribution in [0.4, 0.5) is 29.0 Å². The van der Waals surface area contributed by atoms with Crippen LogP contribution in [0.5, 0.6) is 0 Å². The van der Waals surface area contributed by atoms with Gasteiger partial charge in [-0.3, -0.25) is 29.3 Å². The molecule has 19 heteroatoms. The van der Waals surface area contributed by atoms with Gasteiger partial charge in [0.15, 0.2) is 18.7 Å². The van der Waals surface area contributed by atoms with Crippen LogP contribution in [-0.2, 0) is 30.9 Å². The first-order valence-electron chi connectivity index (χ1n) is 21.9. The third kappa shape index (κ3) is 8.86. The summed E-state index contributed by atoms with van der Waals surface area (Å²) in [7, 11) is 3.44. The minimum absolute atomic E-state index is 0.0982. The first-order valence-corrected chi connectivity index (χ1v) is 22.3. The van der Waals surface area contributed by atoms with Crippen molar-refractivity contribution >= 4 is 75.3 Å². The largest absolute Gasteiger partial charge is 0.483 e. The van der Waals surface area contributed by atoms with Gasteiger partial charge in [-0.05, 0) is 76.3 Å². The van der Waals surface area contributed by atoms with Crippen LogP contribution < -0.4 is 30.7 Å². The van der Waals surface area contributed by atoms with Crippen molar-refractivity contribution in [2.45, 2.75) is 88.8 Å². The molecule has 2 atom stereocenters. The van der Waals surface area contributed by atoms with Gasteiger partial charge in [-0.1, -0.05) is 11.6 Å². The Kier molecular flexibility index (Phi) is 12.1. The Morgan fingerprint density at radius 2 is 1.78 bits per heavy atom. The quantitative estimate of drug-likeness (QED) is 0.151. The standard InChI is InChI=1S/C44H55ClN12O6/c1-25(2)57-41-26(18-36(43(57)61)62-24-38(59)46-3)17-27(22-47-41)49-40-34(45)23-48-44(51-40)56-11-9-30(10-12-56)63-31-19-29(20-31)55-15-13-54(14-16-55)28-5-6-32-35(21-28)53(4)52-39(32)33-7-8-37(58)50-42(33)60/h5-6,17-18,21-23,25,29-31,33,43,61H,7-16,19-20,24H2,1-4H3,(H,46,59)(H,48,49,51)(H,50,58,60). The summed E-state index contributed by atoms with van der Waals surface area (Å²) < 4.78 is 14.2. The molecule has 3 saturated heterocycles. The second-order valence-corrected chi connectivity index (χ2v) is 17.7. The van der Waals surface area contributed by atoms with E-state index in [1.54, 1.807) is 23.4 Å². The predicted octanol–water partition coefficient (Wildman–Crippen LogP) is 3.66. The lowest BCUT2D eigenvalue weighted by Gasteiger charge is -2.47. The van der Waals surface area contributed by atoms with E-state index in [1.165, 1.54) is 7.05 Å². The van der Waals surface area contributed by atoms with Gasteiger partial charge in [0.2, 0.25) is 17.8 Å². The van der Waals surface area contributed by atoms with E-state index in [4.69, 9.17) is 31.2 Å². The Morgan fingerprint density at radius 3 is 2.51 bits per heavy atom. The van der Waals surface area contributed by atoms with Crippen LogP contribution in [0.15, 0.2) is 42.4 Å². The smallest absolute Gasteiger partial charge is 0.257 e. The maximum absolute atomic E-state index is 12.6. The first-order chi connectivity index (χ1) is 30.4. The number of hydrogen-bond donors (Lipinski definition) is 4. The molecule has 18 nitrogen and oxygen atoms in total. The molecule has 4 aromatic rings. The van der Waals surface area contributed by atoms with Crippen molar-refractivity contribution in [3.05, 3.63) is 58.7 Å². The van der Waals surface area contributed by atoms with Crippen molar-refractivity contribution in [1.82, 2.24) is 40.3 Å². The van der Waals surface area contributed by atoms with Gasteiger partial charge in [0.25, 0.3) is 5.91 Å². The molecule has 0 radical (unpaired) electrons. The fraction of sp³-hybridized carbons (Fsp3) is 0.523. The van der Waals surface area contributed by atoms with Crippen LogP contribution in [-0.4, -0.2) is 136 Å². The summed E-state index contributed by atoms with van der Waals surface area (Å²) in [5.74, 6) is 0.690. The Labute approximate surface area is 370 Å². The number of anilines is 5. The van der Waals surface area contributed by atoms with Gasteiger partial charge >= 0.3 is 0 Å². The lowest BCUT2D eigenvalue weighted by atomic mass is 9.87. The molecule has 63 heavy (non-hydrogen) atoms. The van der Waals surface area contributed by atoms with Crippen molar-refractivity contribution in [2.75, 3.05) is 72.9 Å². The van der Waals surface area contributed by atoms with E-state index in [-0.39, 0.29) is 48.3 Å². The van der Waals surface area contributed by atoms with Crippen LogP contribution in [0.3, 0.4) is 0 Å². The molecule has 5 aliphatic rings. The number of benzene rings is 1. The van der Waals surface area contributed by atoms with Crippen LogP contribution >= 0.6 is 11.6 Å². The number of amides is 3. The number of nitrogens with zero attached hydrogens (tertiary/aromatic N) is 9. The SMILES string of the molecule is CNC(=O)COC1=Cc2cc(Nc3nc(N4CCC(OC5CC(N6CCN(c7ccc8c(C9CCC(=O)NC9=O)nn(C)c8c7)CC6)C5)CC4)ncc3Cl)cnc2N(C(C)C)C1O. The van der Waals surface area contributed by atoms with Crippen LogP contribution in [0.1, 0.15) is 69.5 Å². The number of rotatable bonds is 12. The number of carbonyl (C=O) groups excluding carboxylic acids is 3. The average Bonchev–Trinajstić information content (AvgIpc) is 3.59. The van der Waals surface area contributed by atoms with Gasteiger partial charge < -0.3 is 39.9 Å². The first kappa shape index (κ1) is 42.7. The molecule has 2 unspecified atom stereocenters. The summed E-state index contributed by atoms with van der Waals surface area (Å²) in [6.45, 7) is 9.09. The summed E-state index contributed by atoms with van der Waals surface area (Å²) >= 11 is 6.60. The molecule has 334 valence electrons. The highest BCUT2D eigenvalue weighted by Gasteiger charge is 2.38. The summed E-state index contributed by atoms with van der Waals surface area (Å²) in [4.78, 5) is 59.1. The van der Waals surface area contributed by atoms with Gasteiger partial charge in [-0.15, -0.1) is 0 Å². The number of nitrogens with one attached hydrogen (secondary N) is 3. The number of carbonyl (C=O) groups is 3. The van der Waals surface area contributed by atoms with Gasteiger partial charge in [0.1, 0.15) is 16.6 Å². The molecule has 1 aromatic carbocycles. The number of imide groups is 1. The average molecular weight is 883 g/mol. The van der Waals surface area contributed by atoms with Crippen LogP contribution in [0.25, 0.3) is 17.0 Å². The fourth-order valence-electron chi connectivity index (χ4n) is 9.38. The number of piperidine rings is 2. The second kappa shape index (κ2) is 17.9. The highest BCUT2D eigenvalue weighted by Crippen LogP contribution is 2.37.